The molecule has 2 rings (SSSR count). The quantitative estimate of drug-likeness (QED) is 0.766. The zero-order chi connectivity index (χ0) is 17.4. The number of terminal acetylenes is 1. The molecular weight excluding hydrogens is 309 g/mol. The van der Waals surface area contributed by atoms with E-state index >= 15 is 0 Å². The lowest BCUT2D eigenvalue weighted by molar-refractivity contribution is -0.129. The van der Waals surface area contributed by atoms with Gasteiger partial charge in [-0.15, -0.1) is 6.42 Å². The highest BCUT2D eigenvalue weighted by Crippen LogP contribution is 2.08. The maximum absolute atomic E-state index is 13.0. The minimum absolute atomic E-state index is 0.0886. The number of halogens is 1. The number of hydrogen-bond donors (Lipinski definition) is 2. The first-order valence-corrected chi connectivity index (χ1v) is 8.06. The van der Waals surface area contributed by atoms with Crippen LogP contribution < -0.4 is 10.6 Å². The third-order valence-electron chi connectivity index (χ3n) is 3.87. The van der Waals surface area contributed by atoms with Gasteiger partial charge in [0.15, 0.2) is 0 Å². The Kier molecular flexibility index (Phi) is 6.76. The maximum Gasteiger partial charge on any atom is 0.242 e. The molecule has 0 spiro atoms. The molecule has 1 aliphatic heterocycles. The lowest BCUT2D eigenvalue weighted by Crippen LogP contribution is -2.48. The molecule has 1 aromatic carbocycles. The summed E-state index contributed by atoms with van der Waals surface area (Å²) in [6.45, 7) is 1.47. The molecule has 2 N–H and O–H groups in total. The van der Waals surface area contributed by atoms with Crippen LogP contribution in [0.15, 0.2) is 24.3 Å². The van der Waals surface area contributed by atoms with Gasteiger partial charge < -0.3 is 10.6 Å². The average molecular weight is 331 g/mol. The Morgan fingerprint density at radius 1 is 1.38 bits per heavy atom. The van der Waals surface area contributed by atoms with Crippen LogP contribution in [-0.2, 0) is 16.1 Å². The number of rotatable bonds is 6. The Morgan fingerprint density at radius 2 is 2.12 bits per heavy atom. The average Bonchev–Trinajstić information content (AvgIpc) is 2.75. The van der Waals surface area contributed by atoms with Crippen molar-refractivity contribution in [1.29, 1.82) is 0 Å². The van der Waals surface area contributed by atoms with Crippen LogP contribution in [0.4, 0.5) is 4.39 Å². The predicted octanol–water partition coefficient (Wildman–Crippen LogP) is 1.05. The zero-order valence-electron chi connectivity index (χ0n) is 13.6. The van der Waals surface area contributed by atoms with E-state index in [2.05, 4.69) is 16.6 Å². The number of benzene rings is 1. The van der Waals surface area contributed by atoms with E-state index in [1.54, 1.807) is 17.0 Å². The summed E-state index contributed by atoms with van der Waals surface area (Å²) < 4.78 is 13.0. The summed E-state index contributed by atoms with van der Waals surface area (Å²) in [5.74, 6) is 1.84. The van der Waals surface area contributed by atoms with Gasteiger partial charge >= 0.3 is 0 Å². The largest absolute Gasteiger partial charge is 0.354 e. The number of carbonyl (C=O) groups excluding carboxylic acids is 2. The Morgan fingerprint density at radius 3 is 2.83 bits per heavy atom. The van der Waals surface area contributed by atoms with E-state index in [9.17, 15) is 14.0 Å². The summed E-state index contributed by atoms with van der Waals surface area (Å²) in [7, 11) is 0. The zero-order valence-corrected chi connectivity index (χ0v) is 13.6. The Bertz CT molecular complexity index is 610. The lowest BCUT2D eigenvalue weighted by Gasteiger charge is -2.21. The molecule has 0 radical (unpaired) electrons. The molecule has 5 nitrogen and oxygen atoms in total. The Hall–Kier alpha value is -2.39. The highest BCUT2D eigenvalue weighted by Gasteiger charge is 2.23. The number of carbonyl (C=O) groups is 2. The summed E-state index contributed by atoms with van der Waals surface area (Å²) in [5.41, 5.74) is 0.867. The molecule has 24 heavy (non-hydrogen) atoms. The normalized spacial score (nSPS) is 17.7. The molecule has 0 aromatic heterocycles. The summed E-state index contributed by atoms with van der Waals surface area (Å²) >= 11 is 0. The van der Waals surface area contributed by atoms with Gasteiger partial charge in [0.05, 0.1) is 13.1 Å². The van der Waals surface area contributed by atoms with Gasteiger partial charge in [-0.1, -0.05) is 18.1 Å². The fourth-order valence-electron chi connectivity index (χ4n) is 2.66. The SMILES string of the molecule is C#CCN(CC(=O)N[C@@H]1CCCCNC1=O)Cc1ccc(F)cc1. The molecule has 1 saturated heterocycles. The second kappa shape index (κ2) is 9.04. The lowest BCUT2D eigenvalue weighted by atomic mass is 10.1. The van der Waals surface area contributed by atoms with E-state index in [1.165, 1.54) is 12.1 Å². The second-order valence-corrected chi connectivity index (χ2v) is 5.88. The van der Waals surface area contributed by atoms with E-state index in [4.69, 9.17) is 6.42 Å². The topological polar surface area (TPSA) is 61.4 Å². The summed E-state index contributed by atoms with van der Waals surface area (Å²) in [6, 6.07) is 5.59. The molecule has 1 fully saturated rings. The van der Waals surface area contributed by atoms with Crippen molar-refractivity contribution in [3.63, 3.8) is 0 Å². The molecular formula is C18H22FN3O2. The molecule has 2 amide bonds. The van der Waals surface area contributed by atoms with Crippen molar-refractivity contribution in [3.8, 4) is 12.3 Å². The number of amides is 2. The van der Waals surface area contributed by atoms with Crippen LogP contribution >= 0.6 is 0 Å². The Balaban J connectivity index is 1.91. The molecule has 1 aromatic rings. The van der Waals surface area contributed by atoms with Crippen molar-refractivity contribution < 1.29 is 14.0 Å². The standard InChI is InChI=1S/C18H22FN3O2/c1-2-11-22(12-14-6-8-15(19)9-7-14)13-17(23)21-16-5-3-4-10-20-18(16)24/h1,6-9,16H,3-5,10-13H2,(H,20,24)(H,21,23)/t16-/m1/s1. The van der Waals surface area contributed by atoms with Crippen molar-refractivity contribution in [1.82, 2.24) is 15.5 Å². The van der Waals surface area contributed by atoms with Crippen LogP contribution in [-0.4, -0.2) is 42.4 Å². The smallest absolute Gasteiger partial charge is 0.242 e. The number of hydrogen-bond acceptors (Lipinski definition) is 3. The first kappa shape index (κ1) is 18.0. The van der Waals surface area contributed by atoms with Crippen molar-refractivity contribution >= 4 is 11.8 Å². The van der Waals surface area contributed by atoms with E-state index in [0.29, 0.717) is 26.1 Å². The van der Waals surface area contributed by atoms with E-state index < -0.39 is 6.04 Å². The summed E-state index contributed by atoms with van der Waals surface area (Å²) in [6.07, 6.45) is 7.82. The van der Waals surface area contributed by atoms with Gasteiger partial charge in [0, 0.05) is 13.1 Å². The highest BCUT2D eigenvalue weighted by atomic mass is 19.1. The van der Waals surface area contributed by atoms with Crippen LogP contribution in [0.3, 0.4) is 0 Å². The van der Waals surface area contributed by atoms with Gasteiger partial charge in [0.1, 0.15) is 11.9 Å². The molecule has 128 valence electrons. The minimum atomic E-state index is -0.487. The first-order chi connectivity index (χ1) is 11.6. The van der Waals surface area contributed by atoms with Gasteiger partial charge in [-0.25, -0.2) is 4.39 Å². The van der Waals surface area contributed by atoms with Crippen LogP contribution in [0, 0.1) is 18.2 Å². The fraction of sp³-hybridized carbons (Fsp3) is 0.444. The van der Waals surface area contributed by atoms with E-state index in [0.717, 1.165) is 18.4 Å². The summed E-state index contributed by atoms with van der Waals surface area (Å²) in [4.78, 5) is 25.9. The third-order valence-corrected chi connectivity index (χ3v) is 3.87. The van der Waals surface area contributed by atoms with Crippen LogP contribution in [0.2, 0.25) is 0 Å². The highest BCUT2D eigenvalue weighted by molar-refractivity contribution is 5.88. The monoisotopic (exact) mass is 331 g/mol. The van der Waals surface area contributed by atoms with Crippen molar-refractivity contribution in [2.24, 2.45) is 0 Å². The summed E-state index contributed by atoms with van der Waals surface area (Å²) in [5, 5.41) is 5.56. The van der Waals surface area contributed by atoms with Crippen LogP contribution in [0.25, 0.3) is 0 Å². The molecule has 0 aliphatic carbocycles. The van der Waals surface area contributed by atoms with Gasteiger partial charge in [0.25, 0.3) is 0 Å². The van der Waals surface area contributed by atoms with Gasteiger partial charge in [-0.2, -0.15) is 0 Å². The van der Waals surface area contributed by atoms with Crippen molar-refractivity contribution in [2.75, 3.05) is 19.6 Å². The van der Waals surface area contributed by atoms with Crippen molar-refractivity contribution in [3.05, 3.63) is 35.6 Å². The van der Waals surface area contributed by atoms with E-state index in [-0.39, 0.29) is 24.2 Å². The molecule has 1 heterocycles. The number of nitrogens with zero attached hydrogens (tertiary/aromatic N) is 1. The van der Waals surface area contributed by atoms with Crippen LogP contribution in [0.1, 0.15) is 24.8 Å². The Labute approximate surface area is 141 Å². The maximum atomic E-state index is 13.0. The molecule has 1 aliphatic rings. The number of nitrogens with one attached hydrogen (secondary N) is 2. The van der Waals surface area contributed by atoms with Gasteiger partial charge in [-0.3, -0.25) is 14.5 Å². The fourth-order valence-corrected chi connectivity index (χ4v) is 2.66. The minimum Gasteiger partial charge on any atom is -0.354 e. The molecule has 6 heteroatoms. The second-order valence-electron chi connectivity index (χ2n) is 5.88. The van der Waals surface area contributed by atoms with Crippen molar-refractivity contribution in [2.45, 2.75) is 31.8 Å². The molecule has 0 saturated carbocycles. The first-order valence-electron chi connectivity index (χ1n) is 8.06. The van der Waals surface area contributed by atoms with E-state index in [1.807, 2.05) is 0 Å². The predicted molar refractivity (Wildman–Crippen MR) is 89.3 cm³/mol. The van der Waals surface area contributed by atoms with Gasteiger partial charge in [0.2, 0.25) is 11.8 Å². The third kappa shape index (κ3) is 5.67. The molecule has 1 atom stereocenters. The van der Waals surface area contributed by atoms with Gasteiger partial charge in [-0.05, 0) is 37.0 Å². The van der Waals surface area contributed by atoms with Crippen LogP contribution in [0.5, 0.6) is 0 Å². The molecule has 0 unspecified atom stereocenters. The molecule has 0 bridgehead atoms.